The Morgan fingerprint density at radius 1 is 1.47 bits per heavy atom. The molecule has 1 heterocycles. The van der Waals surface area contributed by atoms with Gasteiger partial charge in [-0.05, 0) is 32.6 Å². The number of ether oxygens (including phenoxy) is 1. The number of hydrogen-bond donors (Lipinski definition) is 3. The minimum atomic E-state index is -1.01. The van der Waals surface area contributed by atoms with Gasteiger partial charge in [0.1, 0.15) is 6.04 Å². The van der Waals surface area contributed by atoms with Crippen LogP contribution < -0.4 is 10.6 Å². The number of aliphatic carboxylic acids is 1. The highest BCUT2D eigenvalue weighted by atomic mass is 16.5. The summed E-state index contributed by atoms with van der Waals surface area (Å²) in [5.41, 5.74) is -0.440. The molecule has 2 amide bonds. The average molecular weight is 272 g/mol. The molecule has 3 N–H and O–H groups in total. The maximum Gasteiger partial charge on any atom is 0.326 e. The van der Waals surface area contributed by atoms with E-state index in [2.05, 4.69) is 10.6 Å². The number of carbonyl (C=O) groups excluding carboxylic acids is 1. The molecule has 1 aliphatic rings. The monoisotopic (exact) mass is 272 g/mol. The molecule has 1 aliphatic heterocycles. The van der Waals surface area contributed by atoms with Gasteiger partial charge in [-0.3, -0.25) is 0 Å². The Morgan fingerprint density at radius 3 is 2.53 bits per heavy atom. The van der Waals surface area contributed by atoms with Crippen molar-refractivity contribution in [2.45, 2.75) is 58.2 Å². The van der Waals surface area contributed by atoms with Crippen LogP contribution in [0.25, 0.3) is 0 Å². The predicted octanol–water partition coefficient (Wildman–Crippen LogP) is 1.35. The van der Waals surface area contributed by atoms with Gasteiger partial charge < -0.3 is 20.5 Å². The summed E-state index contributed by atoms with van der Waals surface area (Å²) in [5, 5.41) is 14.4. The molecule has 0 spiro atoms. The summed E-state index contributed by atoms with van der Waals surface area (Å²) in [6.45, 7) is 8.25. The fourth-order valence-corrected chi connectivity index (χ4v) is 2.15. The minimum absolute atomic E-state index is 0.0772. The van der Waals surface area contributed by atoms with Gasteiger partial charge in [-0.15, -0.1) is 0 Å². The zero-order valence-corrected chi connectivity index (χ0v) is 12.0. The molecule has 6 nitrogen and oxygen atoms in total. The number of amides is 2. The van der Waals surface area contributed by atoms with Crippen LogP contribution in [0.15, 0.2) is 0 Å². The topological polar surface area (TPSA) is 87.7 Å². The van der Waals surface area contributed by atoms with E-state index in [1.807, 2.05) is 27.7 Å². The molecule has 110 valence electrons. The van der Waals surface area contributed by atoms with Crippen LogP contribution in [0.4, 0.5) is 4.79 Å². The summed E-state index contributed by atoms with van der Waals surface area (Å²) in [6, 6.07) is -1.31. The highest BCUT2D eigenvalue weighted by Crippen LogP contribution is 2.24. The molecule has 1 rings (SSSR count). The van der Waals surface area contributed by atoms with Crippen LogP contribution in [-0.4, -0.2) is 41.4 Å². The van der Waals surface area contributed by atoms with Gasteiger partial charge in [-0.1, -0.05) is 13.8 Å². The van der Waals surface area contributed by atoms with Crippen molar-refractivity contribution >= 4 is 12.0 Å². The molecule has 0 radical (unpaired) electrons. The van der Waals surface area contributed by atoms with E-state index in [9.17, 15) is 9.59 Å². The number of nitrogens with one attached hydrogen (secondary N) is 2. The number of urea groups is 1. The first-order valence-electron chi connectivity index (χ1n) is 6.67. The Balaban J connectivity index is 2.55. The second kappa shape index (κ2) is 6.23. The zero-order valence-electron chi connectivity index (χ0n) is 12.0. The molecule has 6 heteroatoms. The molecular formula is C13H24N2O4. The highest BCUT2D eigenvalue weighted by Gasteiger charge is 2.38. The van der Waals surface area contributed by atoms with E-state index < -0.39 is 23.6 Å². The van der Waals surface area contributed by atoms with E-state index >= 15 is 0 Å². The van der Waals surface area contributed by atoms with E-state index in [4.69, 9.17) is 9.84 Å². The first-order valence-corrected chi connectivity index (χ1v) is 6.67. The summed E-state index contributed by atoms with van der Waals surface area (Å²) >= 11 is 0. The lowest BCUT2D eigenvalue weighted by Crippen LogP contribution is -2.56. The zero-order chi connectivity index (χ0) is 14.6. The first kappa shape index (κ1) is 15.8. The smallest absolute Gasteiger partial charge is 0.326 e. The van der Waals surface area contributed by atoms with Crippen LogP contribution in [0.5, 0.6) is 0 Å². The number of carboxylic acid groups (broad SMARTS) is 1. The maximum absolute atomic E-state index is 11.9. The molecule has 0 aromatic carbocycles. The van der Waals surface area contributed by atoms with Gasteiger partial charge in [0.25, 0.3) is 0 Å². The van der Waals surface area contributed by atoms with Gasteiger partial charge in [-0.2, -0.15) is 0 Å². The van der Waals surface area contributed by atoms with Gasteiger partial charge in [0, 0.05) is 6.61 Å². The van der Waals surface area contributed by atoms with Crippen LogP contribution in [0, 0.1) is 5.92 Å². The Hall–Kier alpha value is -1.30. The van der Waals surface area contributed by atoms with Crippen molar-refractivity contribution in [3.63, 3.8) is 0 Å². The number of carboxylic acids is 1. The van der Waals surface area contributed by atoms with Crippen LogP contribution in [-0.2, 0) is 9.53 Å². The molecule has 3 atom stereocenters. The van der Waals surface area contributed by atoms with Crippen molar-refractivity contribution in [2.75, 3.05) is 6.61 Å². The average Bonchev–Trinajstić information content (AvgIpc) is 2.57. The molecule has 19 heavy (non-hydrogen) atoms. The Labute approximate surface area is 113 Å². The Kier molecular flexibility index (Phi) is 5.17. The van der Waals surface area contributed by atoms with Crippen LogP contribution >= 0.6 is 0 Å². The fraction of sp³-hybridized carbons (Fsp3) is 0.846. The Bertz CT molecular complexity index is 346. The van der Waals surface area contributed by atoms with E-state index in [-0.39, 0.29) is 12.0 Å². The number of carbonyl (C=O) groups is 2. The molecule has 1 fully saturated rings. The first-order chi connectivity index (χ1) is 8.74. The molecule has 0 saturated carbocycles. The molecule has 0 bridgehead atoms. The Morgan fingerprint density at radius 2 is 2.11 bits per heavy atom. The minimum Gasteiger partial charge on any atom is -0.480 e. The second-order valence-corrected chi connectivity index (χ2v) is 5.80. The van der Waals surface area contributed by atoms with Crippen molar-refractivity contribution in [2.24, 2.45) is 5.92 Å². The third-order valence-electron chi connectivity index (χ3n) is 3.60. The van der Waals surface area contributed by atoms with Gasteiger partial charge >= 0.3 is 12.0 Å². The molecule has 2 unspecified atom stereocenters. The van der Waals surface area contributed by atoms with Gasteiger partial charge in [0.05, 0.1) is 11.6 Å². The highest BCUT2D eigenvalue weighted by molar-refractivity contribution is 5.82. The predicted molar refractivity (Wildman–Crippen MR) is 71.0 cm³/mol. The van der Waals surface area contributed by atoms with Crippen molar-refractivity contribution in [3.05, 3.63) is 0 Å². The normalized spacial score (nSPS) is 28.2. The number of rotatable bonds is 5. The number of hydrogen-bond acceptors (Lipinski definition) is 3. The van der Waals surface area contributed by atoms with Crippen molar-refractivity contribution in [3.8, 4) is 0 Å². The lowest BCUT2D eigenvalue weighted by molar-refractivity contribution is -0.139. The molecule has 0 aliphatic carbocycles. The third-order valence-corrected chi connectivity index (χ3v) is 3.60. The largest absolute Gasteiger partial charge is 0.480 e. The third kappa shape index (κ3) is 4.38. The van der Waals surface area contributed by atoms with Crippen molar-refractivity contribution < 1.29 is 19.4 Å². The van der Waals surface area contributed by atoms with Crippen molar-refractivity contribution in [1.29, 1.82) is 0 Å². The van der Waals surface area contributed by atoms with Crippen molar-refractivity contribution in [1.82, 2.24) is 10.6 Å². The van der Waals surface area contributed by atoms with E-state index in [1.54, 1.807) is 0 Å². The van der Waals surface area contributed by atoms with E-state index in [0.29, 0.717) is 13.0 Å². The lowest BCUT2D eigenvalue weighted by Gasteiger charge is -2.29. The van der Waals surface area contributed by atoms with Gasteiger partial charge in [-0.25, -0.2) is 9.59 Å². The van der Waals surface area contributed by atoms with E-state index in [1.165, 1.54) is 0 Å². The van der Waals surface area contributed by atoms with Crippen LogP contribution in [0.1, 0.15) is 40.5 Å². The van der Waals surface area contributed by atoms with E-state index in [0.717, 1.165) is 6.42 Å². The SMILES string of the molecule is CC(C)C[C@H](NC(=O)NC1(C)CCOC1C)C(=O)O. The fourth-order valence-electron chi connectivity index (χ4n) is 2.15. The second-order valence-electron chi connectivity index (χ2n) is 5.80. The molecule has 0 aromatic rings. The molecule has 1 saturated heterocycles. The lowest BCUT2D eigenvalue weighted by atomic mass is 9.95. The molecule has 0 aromatic heterocycles. The van der Waals surface area contributed by atoms with Gasteiger partial charge in [0.2, 0.25) is 0 Å². The standard InChI is InChI=1S/C13H24N2O4/c1-8(2)7-10(11(16)17)14-12(18)15-13(4)5-6-19-9(13)3/h8-10H,5-7H2,1-4H3,(H,16,17)(H2,14,15,18)/t9?,10-,13?/m0/s1. The summed E-state index contributed by atoms with van der Waals surface area (Å²) < 4.78 is 5.43. The van der Waals surface area contributed by atoms with Crippen LogP contribution in [0.3, 0.4) is 0 Å². The summed E-state index contributed by atoms with van der Waals surface area (Å²) in [5.74, 6) is -0.810. The quantitative estimate of drug-likeness (QED) is 0.705. The van der Waals surface area contributed by atoms with Crippen LogP contribution in [0.2, 0.25) is 0 Å². The maximum atomic E-state index is 11.9. The molecular weight excluding hydrogens is 248 g/mol. The summed E-state index contributed by atoms with van der Waals surface area (Å²) in [7, 11) is 0. The summed E-state index contributed by atoms with van der Waals surface area (Å²) in [4.78, 5) is 23.0. The summed E-state index contributed by atoms with van der Waals surface area (Å²) in [6.07, 6.45) is 1.06. The van der Waals surface area contributed by atoms with Gasteiger partial charge in [0.15, 0.2) is 0 Å².